The first kappa shape index (κ1) is 21.4. The van der Waals surface area contributed by atoms with E-state index in [1.54, 1.807) is 0 Å². The van der Waals surface area contributed by atoms with Crippen LogP contribution in [0.3, 0.4) is 0 Å². The van der Waals surface area contributed by atoms with E-state index in [0.717, 1.165) is 25.3 Å². The Morgan fingerprint density at radius 3 is 2.16 bits per heavy atom. The third-order valence-corrected chi connectivity index (χ3v) is 4.43. The van der Waals surface area contributed by atoms with Crippen molar-refractivity contribution in [3.8, 4) is 0 Å². The zero-order valence-electron chi connectivity index (χ0n) is 15.0. The van der Waals surface area contributed by atoms with Gasteiger partial charge in [0.25, 0.3) is 5.69 Å². The molecule has 0 spiro atoms. The molecule has 1 aromatic carbocycles. The van der Waals surface area contributed by atoms with Crippen molar-refractivity contribution in [1.29, 1.82) is 0 Å². The fraction of sp³-hybridized carbons (Fsp3) is 0.632. The molecule has 0 saturated carbocycles. The van der Waals surface area contributed by atoms with Gasteiger partial charge in [0.2, 0.25) is 0 Å². The average Bonchev–Trinajstić information content (AvgIpc) is 2.59. The van der Waals surface area contributed by atoms with Crippen LogP contribution in [-0.4, -0.2) is 17.5 Å². The quantitative estimate of drug-likeness (QED) is 0.176. The number of ether oxygens (including phenoxy) is 1. The molecule has 0 aliphatic heterocycles. The predicted octanol–water partition coefficient (Wildman–Crippen LogP) is 6.33. The molecule has 1 rings (SSSR count). The van der Waals surface area contributed by atoms with E-state index >= 15 is 0 Å². The summed E-state index contributed by atoms with van der Waals surface area (Å²) < 4.78 is 5.17. The number of benzene rings is 1. The molecule has 1 aromatic rings. The Labute approximate surface area is 154 Å². The molecular weight excluding hydrogens is 342 g/mol. The van der Waals surface area contributed by atoms with Crippen molar-refractivity contribution in [2.45, 2.75) is 71.1 Å². The molecule has 0 aliphatic carbocycles. The van der Waals surface area contributed by atoms with Gasteiger partial charge in [-0.05, 0) is 18.6 Å². The first-order chi connectivity index (χ1) is 12.1. The van der Waals surface area contributed by atoms with Crippen LogP contribution in [-0.2, 0) is 4.74 Å². The van der Waals surface area contributed by atoms with E-state index in [1.165, 1.54) is 57.1 Å². The van der Waals surface area contributed by atoms with Gasteiger partial charge in [-0.25, -0.2) is 4.79 Å². The average molecular weight is 370 g/mol. The lowest BCUT2D eigenvalue weighted by molar-refractivity contribution is -0.384. The Morgan fingerprint density at radius 2 is 1.60 bits per heavy atom. The number of nitro groups is 1. The number of carbonyl (C=O) groups is 1. The van der Waals surface area contributed by atoms with E-state index in [0.29, 0.717) is 6.61 Å². The second-order valence-corrected chi connectivity index (χ2v) is 6.65. The van der Waals surface area contributed by atoms with E-state index in [2.05, 4.69) is 6.92 Å². The fourth-order valence-electron chi connectivity index (χ4n) is 2.62. The molecule has 0 unspecified atom stereocenters. The minimum atomic E-state index is -0.610. The van der Waals surface area contributed by atoms with Crippen LogP contribution in [0.15, 0.2) is 18.2 Å². The molecule has 0 bridgehead atoms. The van der Waals surface area contributed by atoms with Crippen LogP contribution < -0.4 is 0 Å². The summed E-state index contributed by atoms with van der Waals surface area (Å²) in [5, 5.41) is 10.8. The van der Waals surface area contributed by atoms with Crippen molar-refractivity contribution in [2.24, 2.45) is 0 Å². The summed E-state index contributed by atoms with van der Waals surface area (Å²) in [6.07, 6.45) is 12.1. The van der Waals surface area contributed by atoms with Crippen molar-refractivity contribution in [1.82, 2.24) is 0 Å². The summed E-state index contributed by atoms with van der Waals surface area (Å²) in [6, 6.07) is 3.94. The molecule has 140 valence electrons. The minimum Gasteiger partial charge on any atom is -0.462 e. The molecular formula is C19H28ClNO4. The van der Waals surface area contributed by atoms with Gasteiger partial charge in [0, 0.05) is 6.07 Å². The number of hydrogen-bond donors (Lipinski definition) is 0. The van der Waals surface area contributed by atoms with Gasteiger partial charge in [0.15, 0.2) is 0 Å². The smallest absolute Gasteiger partial charge is 0.338 e. The second-order valence-electron chi connectivity index (χ2n) is 6.24. The van der Waals surface area contributed by atoms with Gasteiger partial charge < -0.3 is 4.74 Å². The SMILES string of the molecule is CCCCCCCCCCCCOC(=O)c1ccc(Cl)c([N+](=O)[O-])c1. The number of carbonyl (C=O) groups excluding carboxylic acids is 1. The maximum Gasteiger partial charge on any atom is 0.338 e. The zero-order valence-corrected chi connectivity index (χ0v) is 15.7. The van der Waals surface area contributed by atoms with Crippen molar-refractivity contribution >= 4 is 23.3 Å². The molecule has 0 aromatic heterocycles. The molecule has 0 saturated heterocycles. The molecule has 0 aliphatic rings. The Kier molecular flexibility index (Phi) is 10.9. The Hall–Kier alpha value is -1.62. The number of nitrogens with zero attached hydrogens (tertiary/aromatic N) is 1. The van der Waals surface area contributed by atoms with Gasteiger partial charge in [-0.15, -0.1) is 0 Å². The van der Waals surface area contributed by atoms with Crippen LogP contribution in [0.2, 0.25) is 5.02 Å². The zero-order chi connectivity index (χ0) is 18.5. The third-order valence-electron chi connectivity index (χ3n) is 4.11. The van der Waals surface area contributed by atoms with E-state index in [-0.39, 0.29) is 16.3 Å². The minimum absolute atomic E-state index is 0.0104. The van der Waals surface area contributed by atoms with Crippen molar-refractivity contribution in [2.75, 3.05) is 6.61 Å². The van der Waals surface area contributed by atoms with Crippen molar-refractivity contribution in [3.63, 3.8) is 0 Å². The lowest BCUT2D eigenvalue weighted by Gasteiger charge is -2.05. The molecule has 6 heteroatoms. The second kappa shape index (κ2) is 12.7. The molecule has 25 heavy (non-hydrogen) atoms. The van der Waals surface area contributed by atoms with E-state index in [9.17, 15) is 14.9 Å². The molecule has 0 amide bonds. The summed E-state index contributed by atoms with van der Waals surface area (Å²) in [7, 11) is 0. The van der Waals surface area contributed by atoms with Gasteiger partial charge in [-0.1, -0.05) is 76.3 Å². The molecule has 0 N–H and O–H groups in total. The fourth-order valence-corrected chi connectivity index (χ4v) is 2.80. The number of nitro benzene ring substituents is 1. The maximum absolute atomic E-state index is 11.9. The standard InChI is InChI=1S/C19H28ClNO4/c1-2-3-4-5-6-7-8-9-10-11-14-25-19(22)16-12-13-17(20)18(15-16)21(23)24/h12-13,15H,2-11,14H2,1H3. The highest BCUT2D eigenvalue weighted by Crippen LogP contribution is 2.25. The van der Waals surface area contributed by atoms with E-state index in [1.807, 2.05) is 0 Å². The summed E-state index contributed by atoms with van der Waals surface area (Å²) in [6.45, 7) is 2.56. The van der Waals surface area contributed by atoms with Crippen molar-refractivity contribution < 1.29 is 14.5 Å². The topological polar surface area (TPSA) is 69.4 Å². The van der Waals surface area contributed by atoms with E-state index in [4.69, 9.17) is 16.3 Å². The van der Waals surface area contributed by atoms with Crippen LogP contribution in [0.25, 0.3) is 0 Å². The molecule has 5 nitrogen and oxygen atoms in total. The predicted molar refractivity (Wildman–Crippen MR) is 100 cm³/mol. The van der Waals surface area contributed by atoms with E-state index < -0.39 is 10.9 Å². The van der Waals surface area contributed by atoms with Crippen LogP contribution >= 0.6 is 11.6 Å². The maximum atomic E-state index is 11.9. The van der Waals surface area contributed by atoms with Gasteiger partial charge in [0.1, 0.15) is 5.02 Å². The lowest BCUT2D eigenvalue weighted by atomic mass is 10.1. The summed E-state index contributed by atoms with van der Waals surface area (Å²) in [5.41, 5.74) is -0.127. The Bertz CT molecular complexity index is 548. The van der Waals surface area contributed by atoms with Crippen LogP contribution in [0.5, 0.6) is 0 Å². The van der Waals surface area contributed by atoms with Crippen molar-refractivity contribution in [3.05, 3.63) is 38.9 Å². The highest BCUT2D eigenvalue weighted by Gasteiger charge is 2.16. The van der Waals surface area contributed by atoms with Gasteiger partial charge in [-0.3, -0.25) is 10.1 Å². The molecule has 0 atom stereocenters. The highest BCUT2D eigenvalue weighted by atomic mass is 35.5. The van der Waals surface area contributed by atoms with Crippen LogP contribution in [0, 0.1) is 10.1 Å². The summed E-state index contributed by atoms with van der Waals surface area (Å²) >= 11 is 5.72. The summed E-state index contributed by atoms with van der Waals surface area (Å²) in [4.78, 5) is 22.1. The number of esters is 1. The summed E-state index contributed by atoms with van der Waals surface area (Å²) in [5.74, 6) is -0.546. The number of unbranched alkanes of at least 4 members (excludes halogenated alkanes) is 9. The Morgan fingerprint density at radius 1 is 1.04 bits per heavy atom. The highest BCUT2D eigenvalue weighted by molar-refractivity contribution is 6.32. The normalized spacial score (nSPS) is 10.6. The van der Waals surface area contributed by atoms with Crippen LogP contribution in [0.1, 0.15) is 81.5 Å². The van der Waals surface area contributed by atoms with Gasteiger partial charge >= 0.3 is 5.97 Å². The lowest BCUT2D eigenvalue weighted by Crippen LogP contribution is -2.07. The largest absolute Gasteiger partial charge is 0.462 e. The first-order valence-electron chi connectivity index (χ1n) is 9.17. The van der Waals surface area contributed by atoms with Gasteiger partial charge in [-0.2, -0.15) is 0 Å². The number of hydrogen-bond acceptors (Lipinski definition) is 4. The first-order valence-corrected chi connectivity index (χ1v) is 9.55. The van der Waals surface area contributed by atoms with Crippen LogP contribution in [0.4, 0.5) is 5.69 Å². The third kappa shape index (κ3) is 8.87. The molecule has 0 radical (unpaired) electrons. The monoisotopic (exact) mass is 369 g/mol. The molecule has 0 heterocycles. The van der Waals surface area contributed by atoms with Gasteiger partial charge in [0.05, 0.1) is 17.1 Å². The number of halogens is 1. The molecule has 0 fully saturated rings. The Balaban J connectivity index is 2.13. The number of rotatable bonds is 13.